The van der Waals surface area contributed by atoms with Crippen LogP contribution in [0.3, 0.4) is 0 Å². The van der Waals surface area contributed by atoms with Crippen LogP contribution in [0.4, 0.5) is 0 Å². The molecule has 2 aliphatic rings. The standard InChI is InChI=1S/C10H8Si2/c1-5-11-6-2-9(1)10-3-7-12-8-4-10/h1-8H. The van der Waals surface area contributed by atoms with E-state index in [1.54, 1.807) is 0 Å². The molecule has 2 aliphatic heterocycles. The summed E-state index contributed by atoms with van der Waals surface area (Å²) >= 11 is 0. The van der Waals surface area contributed by atoms with Crippen LogP contribution >= 0.6 is 0 Å². The van der Waals surface area contributed by atoms with E-state index in [0.29, 0.717) is 0 Å². The predicted molar refractivity (Wildman–Crippen MR) is 58.1 cm³/mol. The summed E-state index contributed by atoms with van der Waals surface area (Å²) in [5.74, 6) is 0. The number of rotatable bonds is 1. The molecule has 0 aromatic carbocycles. The summed E-state index contributed by atoms with van der Waals surface area (Å²) in [5, 5.41) is 0. The normalized spacial score (nSPS) is 19.3. The van der Waals surface area contributed by atoms with Crippen molar-refractivity contribution in [3.8, 4) is 0 Å². The minimum absolute atomic E-state index is 0.860. The minimum atomic E-state index is 0.860. The summed E-state index contributed by atoms with van der Waals surface area (Å²) in [7, 11) is 1.72. The van der Waals surface area contributed by atoms with Crippen LogP contribution in [0, 0.1) is 0 Å². The van der Waals surface area contributed by atoms with Crippen LogP contribution in [-0.2, 0) is 0 Å². The molecule has 0 aliphatic carbocycles. The van der Waals surface area contributed by atoms with Crippen molar-refractivity contribution in [2.75, 3.05) is 0 Å². The van der Waals surface area contributed by atoms with Crippen molar-refractivity contribution in [2.45, 2.75) is 0 Å². The van der Waals surface area contributed by atoms with E-state index in [-0.39, 0.29) is 0 Å². The summed E-state index contributed by atoms with van der Waals surface area (Å²) in [4.78, 5) is 0. The first-order valence-electron chi connectivity index (χ1n) is 3.89. The van der Waals surface area contributed by atoms with Gasteiger partial charge in [-0.25, -0.2) is 0 Å². The molecule has 0 N–H and O–H groups in total. The molecule has 0 amide bonds. The first-order valence-corrected chi connectivity index (χ1v) is 6.20. The Labute approximate surface area is 76.9 Å². The summed E-state index contributed by atoms with van der Waals surface area (Å²) < 4.78 is 0. The Kier molecular flexibility index (Phi) is 2.39. The van der Waals surface area contributed by atoms with Gasteiger partial charge in [0.1, 0.15) is 0 Å². The van der Waals surface area contributed by atoms with Crippen LogP contribution in [0.25, 0.3) is 0 Å². The lowest BCUT2D eigenvalue weighted by Crippen LogP contribution is -1.95. The number of allylic oxidation sites excluding steroid dienone is 6. The topological polar surface area (TPSA) is 0 Å². The van der Waals surface area contributed by atoms with Crippen molar-refractivity contribution in [3.63, 3.8) is 0 Å². The van der Waals surface area contributed by atoms with Gasteiger partial charge in [0, 0.05) is 0 Å². The summed E-state index contributed by atoms with van der Waals surface area (Å²) in [6.45, 7) is 0. The molecule has 0 nitrogen and oxygen atoms in total. The summed E-state index contributed by atoms with van der Waals surface area (Å²) in [6, 6.07) is 0. The fraction of sp³-hybridized carbons (Fsp3) is 0. The molecule has 0 spiro atoms. The zero-order valence-corrected chi connectivity index (χ0v) is 8.62. The van der Waals surface area contributed by atoms with Crippen molar-refractivity contribution >= 4 is 29.6 Å². The molecule has 0 bridgehead atoms. The summed E-state index contributed by atoms with van der Waals surface area (Å²) in [6.07, 6.45) is 8.82. The molecule has 0 saturated carbocycles. The second-order valence-corrected chi connectivity index (χ2v) is 4.58. The van der Waals surface area contributed by atoms with Crippen molar-refractivity contribution in [3.05, 3.63) is 46.8 Å². The van der Waals surface area contributed by atoms with Gasteiger partial charge in [0.2, 0.25) is 0 Å². The Balaban J connectivity index is 2.31. The highest BCUT2D eigenvalue weighted by Crippen LogP contribution is 2.13. The molecule has 2 radical (unpaired) electrons. The molecule has 0 atom stereocenters. The Morgan fingerprint density at radius 3 is 1.58 bits per heavy atom. The average Bonchev–Trinajstić information content (AvgIpc) is 2.21. The van der Waals surface area contributed by atoms with E-state index in [0.717, 1.165) is 18.3 Å². The molecule has 0 unspecified atom stereocenters. The van der Waals surface area contributed by atoms with Gasteiger partial charge in [-0.2, -0.15) is 0 Å². The van der Waals surface area contributed by atoms with Crippen LogP contribution in [0.1, 0.15) is 0 Å². The van der Waals surface area contributed by atoms with E-state index in [1.165, 1.54) is 11.1 Å². The van der Waals surface area contributed by atoms with E-state index in [2.05, 4.69) is 47.0 Å². The first-order chi connectivity index (χ1) is 5.97. The predicted octanol–water partition coefficient (Wildman–Crippen LogP) is 0.907. The van der Waals surface area contributed by atoms with Crippen molar-refractivity contribution < 1.29 is 0 Å². The zero-order valence-electron chi connectivity index (χ0n) is 6.62. The quantitative estimate of drug-likeness (QED) is 0.531. The van der Waals surface area contributed by atoms with Gasteiger partial charge in [-0.05, 0) is 11.1 Å². The highest BCUT2D eigenvalue weighted by Gasteiger charge is 1.98. The van der Waals surface area contributed by atoms with Gasteiger partial charge < -0.3 is 0 Å². The van der Waals surface area contributed by atoms with E-state index < -0.39 is 0 Å². The first kappa shape index (κ1) is 7.77. The van der Waals surface area contributed by atoms with Crippen LogP contribution < -0.4 is 0 Å². The molecule has 2 heteroatoms. The number of hydrogen-bond acceptors (Lipinski definition) is 0. The molecule has 0 saturated heterocycles. The second-order valence-electron chi connectivity index (χ2n) is 2.58. The van der Waals surface area contributed by atoms with Gasteiger partial charge in [0.05, 0.1) is 18.3 Å². The lowest BCUT2D eigenvalue weighted by atomic mass is 10.1. The van der Waals surface area contributed by atoms with Crippen LogP contribution in [0.2, 0.25) is 0 Å². The van der Waals surface area contributed by atoms with E-state index >= 15 is 0 Å². The van der Waals surface area contributed by atoms with Gasteiger partial charge in [-0.15, -0.1) is 0 Å². The zero-order chi connectivity index (χ0) is 8.23. The van der Waals surface area contributed by atoms with Crippen molar-refractivity contribution in [1.29, 1.82) is 0 Å². The Hall–Kier alpha value is -0.866. The SMILES string of the molecule is C1=CC(C2=CC=[Si]C=C2)=CC=[Si]1. The van der Waals surface area contributed by atoms with E-state index in [1.807, 2.05) is 0 Å². The third kappa shape index (κ3) is 1.65. The Morgan fingerprint density at radius 2 is 1.25 bits per heavy atom. The molecule has 2 rings (SSSR count). The molecular formula is C10H8Si2. The molecule has 12 heavy (non-hydrogen) atoms. The van der Waals surface area contributed by atoms with Gasteiger partial charge in [-0.1, -0.05) is 47.0 Å². The third-order valence-corrected chi connectivity index (χ3v) is 3.21. The number of hydrogen-bond donors (Lipinski definition) is 0. The second kappa shape index (κ2) is 3.69. The molecule has 0 aromatic rings. The highest BCUT2D eigenvalue weighted by atomic mass is 28.2. The maximum Gasteiger partial charge on any atom is 0.0505 e. The Bertz CT molecular complexity index is 316. The smallest absolute Gasteiger partial charge is 0.0505 e. The van der Waals surface area contributed by atoms with E-state index in [9.17, 15) is 0 Å². The average molecular weight is 184 g/mol. The maximum atomic E-state index is 2.22. The molecule has 0 aromatic heterocycles. The van der Waals surface area contributed by atoms with Crippen molar-refractivity contribution in [2.24, 2.45) is 0 Å². The third-order valence-electron chi connectivity index (χ3n) is 1.77. The van der Waals surface area contributed by atoms with Crippen molar-refractivity contribution in [1.82, 2.24) is 0 Å². The fourth-order valence-corrected chi connectivity index (χ4v) is 2.48. The lowest BCUT2D eigenvalue weighted by Gasteiger charge is -2.05. The largest absolute Gasteiger partial charge is 0.0766 e. The monoisotopic (exact) mass is 184 g/mol. The minimum Gasteiger partial charge on any atom is -0.0766 e. The van der Waals surface area contributed by atoms with Gasteiger partial charge in [0.15, 0.2) is 0 Å². The maximum absolute atomic E-state index is 2.22. The van der Waals surface area contributed by atoms with Gasteiger partial charge in [-0.3, -0.25) is 0 Å². The lowest BCUT2D eigenvalue weighted by molar-refractivity contribution is 1.58. The molecular weight excluding hydrogens is 176 g/mol. The van der Waals surface area contributed by atoms with Crippen LogP contribution in [-0.4, -0.2) is 29.6 Å². The van der Waals surface area contributed by atoms with Gasteiger partial charge >= 0.3 is 0 Å². The summed E-state index contributed by atoms with van der Waals surface area (Å²) in [5.41, 5.74) is 11.6. The van der Waals surface area contributed by atoms with E-state index in [4.69, 9.17) is 0 Å². The highest BCUT2D eigenvalue weighted by molar-refractivity contribution is 6.55. The fourth-order valence-electron chi connectivity index (χ4n) is 1.16. The Morgan fingerprint density at radius 1 is 0.750 bits per heavy atom. The molecule has 0 fully saturated rings. The molecule has 56 valence electrons. The van der Waals surface area contributed by atoms with Crippen LogP contribution in [0.5, 0.6) is 0 Å². The van der Waals surface area contributed by atoms with Gasteiger partial charge in [0.25, 0.3) is 0 Å². The van der Waals surface area contributed by atoms with Crippen LogP contribution in [0.15, 0.2) is 46.8 Å². The molecule has 2 heterocycles.